The lowest BCUT2D eigenvalue weighted by atomic mass is 9.77. The van der Waals surface area contributed by atoms with E-state index in [0.29, 0.717) is 0 Å². The summed E-state index contributed by atoms with van der Waals surface area (Å²) in [5, 5.41) is 3.59. The van der Waals surface area contributed by atoms with E-state index in [0.717, 1.165) is 5.41 Å². The SMILES string of the molecule is CCCCCNCCN1CCC2(CCCC2)CC1. The minimum Gasteiger partial charge on any atom is -0.315 e. The van der Waals surface area contributed by atoms with Crippen LogP contribution in [0.5, 0.6) is 0 Å². The minimum absolute atomic E-state index is 0.783. The lowest BCUT2D eigenvalue weighted by Crippen LogP contribution is -2.41. The molecule has 0 aromatic rings. The molecule has 0 unspecified atom stereocenters. The predicted octanol–water partition coefficient (Wildman–Crippen LogP) is 3.42. The van der Waals surface area contributed by atoms with Crippen molar-refractivity contribution in [2.45, 2.75) is 64.7 Å². The number of hydrogen-bond acceptors (Lipinski definition) is 2. The first-order chi connectivity index (χ1) is 8.85. The Labute approximate surface area is 114 Å². The zero-order valence-corrected chi connectivity index (χ0v) is 12.3. The quantitative estimate of drug-likeness (QED) is 0.698. The molecule has 1 aliphatic heterocycles. The minimum atomic E-state index is 0.783. The molecule has 1 saturated heterocycles. The van der Waals surface area contributed by atoms with Gasteiger partial charge in [0.15, 0.2) is 0 Å². The maximum atomic E-state index is 3.59. The van der Waals surface area contributed by atoms with Crippen LogP contribution in [0.1, 0.15) is 64.7 Å². The topological polar surface area (TPSA) is 15.3 Å². The van der Waals surface area contributed by atoms with Crippen LogP contribution in [-0.2, 0) is 0 Å². The third kappa shape index (κ3) is 4.24. The van der Waals surface area contributed by atoms with Gasteiger partial charge in [0.2, 0.25) is 0 Å². The standard InChI is InChI=1S/C16H32N2/c1-2-3-6-11-17-12-15-18-13-9-16(10-14-18)7-4-5-8-16/h17H,2-15H2,1H3. The number of nitrogens with one attached hydrogen (secondary N) is 1. The largest absolute Gasteiger partial charge is 0.315 e. The van der Waals surface area contributed by atoms with Gasteiger partial charge >= 0.3 is 0 Å². The monoisotopic (exact) mass is 252 g/mol. The molecule has 0 radical (unpaired) electrons. The highest BCUT2D eigenvalue weighted by molar-refractivity contribution is 4.89. The van der Waals surface area contributed by atoms with Crippen molar-refractivity contribution >= 4 is 0 Å². The summed E-state index contributed by atoms with van der Waals surface area (Å²) < 4.78 is 0. The Morgan fingerprint density at radius 2 is 1.67 bits per heavy atom. The van der Waals surface area contributed by atoms with E-state index in [1.807, 2.05) is 0 Å². The Morgan fingerprint density at radius 3 is 2.33 bits per heavy atom. The normalized spacial score (nSPS) is 23.8. The summed E-state index contributed by atoms with van der Waals surface area (Å²) in [5.74, 6) is 0. The van der Waals surface area contributed by atoms with Crippen LogP contribution in [0.2, 0.25) is 0 Å². The number of likely N-dealkylation sites (tertiary alicyclic amines) is 1. The fourth-order valence-electron chi connectivity index (χ4n) is 3.74. The van der Waals surface area contributed by atoms with E-state index < -0.39 is 0 Å². The summed E-state index contributed by atoms with van der Waals surface area (Å²) in [4.78, 5) is 2.68. The van der Waals surface area contributed by atoms with Gasteiger partial charge in [0.05, 0.1) is 0 Å². The second kappa shape index (κ2) is 7.49. The van der Waals surface area contributed by atoms with Crippen LogP contribution < -0.4 is 5.32 Å². The van der Waals surface area contributed by atoms with Crippen LogP contribution in [0, 0.1) is 5.41 Å². The molecule has 2 rings (SSSR count). The first kappa shape index (κ1) is 14.3. The predicted molar refractivity (Wildman–Crippen MR) is 79.0 cm³/mol. The van der Waals surface area contributed by atoms with Gasteiger partial charge in [-0.1, -0.05) is 32.6 Å². The lowest BCUT2D eigenvalue weighted by Gasteiger charge is -2.39. The molecule has 2 heteroatoms. The first-order valence-corrected chi connectivity index (χ1v) is 8.28. The number of nitrogens with zero attached hydrogens (tertiary/aromatic N) is 1. The third-order valence-electron chi connectivity index (χ3n) is 5.14. The van der Waals surface area contributed by atoms with Crippen molar-refractivity contribution < 1.29 is 0 Å². The van der Waals surface area contributed by atoms with Crippen LogP contribution in [0.15, 0.2) is 0 Å². The Morgan fingerprint density at radius 1 is 0.944 bits per heavy atom. The van der Waals surface area contributed by atoms with Crippen LogP contribution in [0.4, 0.5) is 0 Å². The molecule has 0 bridgehead atoms. The molecule has 0 aromatic heterocycles. The molecule has 18 heavy (non-hydrogen) atoms. The summed E-state index contributed by atoms with van der Waals surface area (Å²) >= 11 is 0. The van der Waals surface area contributed by atoms with Gasteiger partial charge < -0.3 is 10.2 Å². The van der Waals surface area contributed by atoms with Gasteiger partial charge in [0.1, 0.15) is 0 Å². The molecule has 1 heterocycles. The molecular weight excluding hydrogens is 220 g/mol. The molecule has 0 aromatic carbocycles. The van der Waals surface area contributed by atoms with Gasteiger partial charge in [-0.2, -0.15) is 0 Å². The smallest absolute Gasteiger partial charge is 0.0107 e. The van der Waals surface area contributed by atoms with E-state index in [4.69, 9.17) is 0 Å². The highest BCUT2D eigenvalue weighted by atomic mass is 15.1. The number of piperidine rings is 1. The summed E-state index contributed by atoms with van der Waals surface area (Å²) in [6.07, 6.45) is 13.0. The van der Waals surface area contributed by atoms with Gasteiger partial charge in [-0.05, 0) is 57.2 Å². The average Bonchev–Trinajstić information content (AvgIpc) is 2.85. The summed E-state index contributed by atoms with van der Waals surface area (Å²) in [7, 11) is 0. The van der Waals surface area contributed by atoms with E-state index in [9.17, 15) is 0 Å². The second-order valence-corrected chi connectivity index (χ2v) is 6.51. The summed E-state index contributed by atoms with van der Waals surface area (Å²) in [6.45, 7) is 8.66. The Hall–Kier alpha value is -0.0800. The summed E-state index contributed by atoms with van der Waals surface area (Å²) in [6, 6.07) is 0. The van der Waals surface area contributed by atoms with E-state index >= 15 is 0 Å². The molecule has 106 valence electrons. The van der Waals surface area contributed by atoms with E-state index in [2.05, 4.69) is 17.1 Å². The van der Waals surface area contributed by atoms with Crippen molar-refractivity contribution in [2.75, 3.05) is 32.7 Å². The van der Waals surface area contributed by atoms with E-state index in [1.54, 1.807) is 0 Å². The zero-order valence-electron chi connectivity index (χ0n) is 12.3. The maximum Gasteiger partial charge on any atom is 0.0107 e. The van der Waals surface area contributed by atoms with Gasteiger partial charge in [0, 0.05) is 13.1 Å². The maximum absolute atomic E-state index is 3.59. The first-order valence-electron chi connectivity index (χ1n) is 8.28. The molecule has 2 nitrogen and oxygen atoms in total. The van der Waals surface area contributed by atoms with Crippen LogP contribution in [-0.4, -0.2) is 37.6 Å². The molecule has 1 saturated carbocycles. The van der Waals surface area contributed by atoms with Crippen molar-refractivity contribution in [3.8, 4) is 0 Å². The van der Waals surface area contributed by atoms with Gasteiger partial charge in [-0.25, -0.2) is 0 Å². The Bertz CT molecular complexity index is 211. The fourth-order valence-corrected chi connectivity index (χ4v) is 3.74. The number of unbranched alkanes of at least 4 members (excludes halogenated alkanes) is 2. The van der Waals surface area contributed by atoms with Gasteiger partial charge in [0.25, 0.3) is 0 Å². The second-order valence-electron chi connectivity index (χ2n) is 6.51. The van der Waals surface area contributed by atoms with Crippen LogP contribution in [0.3, 0.4) is 0 Å². The van der Waals surface area contributed by atoms with Gasteiger partial charge in [-0.3, -0.25) is 0 Å². The molecule has 0 atom stereocenters. The lowest BCUT2D eigenvalue weighted by molar-refractivity contribution is 0.109. The van der Waals surface area contributed by atoms with Crippen molar-refractivity contribution in [3.63, 3.8) is 0 Å². The molecule has 1 spiro atoms. The Kier molecular flexibility index (Phi) is 5.97. The van der Waals surface area contributed by atoms with Gasteiger partial charge in [-0.15, -0.1) is 0 Å². The summed E-state index contributed by atoms with van der Waals surface area (Å²) in [5.41, 5.74) is 0.783. The van der Waals surface area contributed by atoms with Crippen molar-refractivity contribution in [3.05, 3.63) is 0 Å². The molecule has 2 aliphatic rings. The third-order valence-corrected chi connectivity index (χ3v) is 5.14. The molecular formula is C16H32N2. The van der Waals surface area contributed by atoms with Crippen molar-refractivity contribution in [2.24, 2.45) is 5.41 Å². The van der Waals surface area contributed by atoms with Crippen LogP contribution >= 0.6 is 0 Å². The molecule has 1 aliphatic carbocycles. The molecule has 1 N–H and O–H groups in total. The number of hydrogen-bond donors (Lipinski definition) is 1. The highest BCUT2D eigenvalue weighted by Crippen LogP contribution is 2.45. The van der Waals surface area contributed by atoms with Crippen molar-refractivity contribution in [1.29, 1.82) is 0 Å². The molecule has 0 amide bonds. The van der Waals surface area contributed by atoms with E-state index in [-0.39, 0.29) is 0 Å². The fraction of sp³-hybridized carbons (Fsp3) is 1.00. The molecule has 2 fully saturated rings. The average molecular weight is 252 g/mol. The van der Waals surface area contributed by atoms with E-state index in [1.165, 1.54) is 90.5 Å². The zero-order chi connectivity index (χ0) is 12.7. The van der Waals surface area contributed by atoms with Crippen LogP contribution in [0.25, 0.3) is 0 Å². The Balaban J connectivity index is 1.51. The number of rotatable bonds is 7. The van der Waals surface area contributed by atoms with Crippen molar-refractivity contribution in [1.82, 2.24) is 10.2 Å². The highest BCUT2D eigenvalue weighted by Gasteiger charge is 2.36.